The van der Waals surface area contributed by atoms with Gasteiger partial charge in [-0.15, -0.1) is 0 Å². The van der Waals surface area contributed by atoms with Gasteiger partial charge in [-0.2, -0.15) is 0 Å². The largest absolute Gasteiger partial charge is 0.356 e. The van der Waals surface area contributed by atoms with E-state index in [-0.39, 0.29) is 5.41 Å². The Morgan fingerprint density at radius 3 is 2.37 bits per heavy atom. The molecule has 0 aliphatic carbocycles. The zero-order valence-electron chi connectivity index (χ0n) is 12.3. The van der Waals surface area contributed by atoms with Crippen LogP contribution in [0.5, 0.6) is 0 Å². The summed E-state index contributed by atoms with van der Waals surface area (Å²) in [7, 11) is 1.79. The Hall–Kier alpha value is -1.22. The minimum absolute atomic E-state index is 0.0222. The van der Waals surface area contributed by atoms with Crippen molar-refractivity contribution in [1.82, 2.24) is 10.6 Å². The lowest BCUT2D eigenvalue weighted by Gasteiger charge is -2.26. The van der Waals surface area contributed by atoms with Crippen molar-refractivity contribution >= 4 is 17.6 Å². The first-order valence-electron chi connectivity index (χ1n) is 6.70. The van der Waals surface area contributed by atoms with Crippen molar-refractivity contribution in [2.24, 2.45) is 4.99 Å². The molecule has 0 aromatic heterocycles. The summed E-state index contributed by atoms with van der Waals surface area (Å²) in [6, 6.07) is 8.02. The van der Waals surface area contributed by atoms with Gasteiger partial charge in [-0.3, -0.25) is 4.99 Å². The summed E-state index contributed by atoms with van der Waals surface area (Å²) in [4.78, 5) is 4.21. The minimum atomic E-state index is 0.0222. The van der Waals surface area contributed by atoms with Gasteiger partial charge in [-0.25, -0.2) is 0 Å². The number of benzene rings is 1. The Morgan fingerprint density at radius 1 is 1.21 bits per heavy atom. The molecule has 1 aromatic carbocycles. The molecule has 0 unspecified atom stereocenters. The third kappa shape index (κ3) is 5.11. The van der Waals surface area contributed by atoms with Crippen LogP contribution in [0, 0.1) is 0 Å². The van der Waals surface area contributed by atoms with Gasteiger partial charge in [0.25, 0.3) is 0 Å². The van der Waals surface area contributed by atoms with Crippen molar-refractivity contribution in [1.29, 1.82) is 0 Å². The fraction of sp³-hybridized carbons (Fsp3) is 0.533. The monoisotopic (exact) mass is 281 g/mol. The molecule has 4 heteroatoms. The highest BCUT2D eigenvalue weighted by Crippen LogP contribution is 2.23. The second-order valence-electron chi connectivity index (χ2n) is 5.24. The van der Waals surface area contributed by atoms with Crippen LogP contribution in [0.4, 0.5) is 0 Å². The number of nitrogens with one attached hydrogen (secondary N) is 2. The van der Waals surface area contributed by atoms with E-state index in [2.05, 4.69) is 48.5 Å². The van der Waals surface area contributed by atoms with E-state index in [1.807, 2.05) is 12.1 Å². The molecule has 0 saturated carbocycles. The van der Waals surface area contributed by atoms with Crippen molar-refractivity contribution in [2.45, 2.75) is 32.6 Å². The maximum atomic E-state index is 5.92. The number of rotatable bonds is 5. The van der Waals surface area contributed by atoms with Gasteiger partial charge < -0.3 is 10.6 Å². The number of guanidine groups is 1. The highest BCUT2D eigenvalue weighted by Gasteiger charge is 2.20. The minimum Gasteiger partial charge on any atom is -0.356 e. The highest BCUT2D eigenvalue weighted by molar-refractivity contribution is 6.30. The van der Waals surface area contributed by atoms with Gasteiger partial charge in [0.15, 0.2) is 5.96 Å². The van der Waals surface area contributed by atoms with Gasteiger partial charge >= 0.3 is 0 Å². The average molecular weight is 282 g/mol. The molecule has 19 heavy (non-hydrogen) atoms. The molecule has 0 bridgehead atoms. The van der Waals surface area contributed by atoms with E-state index in [4.69, 9.17) is 11.6 Å². The van der Waals surface area contributed by atoms with Gasteiger partial charge in [-0.05, 0) is 24.1 Å². The Balaban J connectivity index is 2.61. The normalized spacial score (nSPS) is 12.4. The summed E-state index contributed by atoms with van der Waals surface area (Å²) in [6.07, 6.45) is 1.08. The van der Waals surface area contributed by atoms with Gasteiger partial charge in [0.1, 0.15) is 0 Å². The molecule has 0 aliphatic rings. The molecular formula is C15H24ClN3. The Morgan fingerprint density at radius 2 is 1.84 bits per heavy atom. The second-order valence-corrected chi connectivity index (χ2v) is 5.68. The number of hydrogen-bond donors (Lipinski definition) is 2. The molecule has 0 heterocycles. The zero-order chi connectivity index (χ0) is 14.3. The highest BCUT2D eigenvalue weighted by atomic mass is 35.5. The molecule has 106 valence electrons. The summed E-state index contributed by atoms with van der Waals surface area (Å²) >= 11 is 5.92. The average Bonchev–Trinajstić information content (AvgIpc) is 2.39. The van der Waals surface area contributed by atoms with E-state index in [9.17, 15) is 0 Å². The molecule has 0 aliphatic heterocycles. The maximum absolute atomic E-state index is 5.92. The first-order valence-corrected chi connectivity index (χ1v) is 7.08. The maximum Gasteiger partial charge on any atom is 0.191 e. The molecular weight excluding hydrogens is 258 g/mol. The van der Waals surface area contributed by atoms with Gasteiger partial charge in [0, 0.05) is 30.6 Å². The van der Waals surface area contributed by atoms with Crippen LogP contribution >= 0.6 is 11.6 Å². The van der Waals surface area contributed by atoms with Crippen LogP contribution in [0.25, 0.3) is 0 Å². The molecule has 1 rings (SSSR count). The fourth-order valence-electron chi connectivity index (χ4n) is 1.77. The predicted octanol–water partition coefficient (Wildman–Crippen LogP) is 3.19. The lowest BCUT2D eigenvalue weighted by atomic mass is 9.85. The molecule has 2 N–H and O–H groups in total. The van der Waals surface area contributed by atoms with Gasteiger partial charge in [-0.1, -0.05) is 44.5 Å². The topological polar surface area (TPSA) is 36.4 Å². The van der Waals surface area contributed by atoms with E-state index >= 15 is 0 Å². The molecule has 1 aromatic rings. The van der Waals surface area contributed by atoms with Crippen LogP contribution in [-0.4, -0.2) is 26.1 Å². The number of nitrogens with zero attached hydrogens (tertiary/aromatic N) is 1. The van der Waals surface area contributed by atoms with Crippen LogP contribution in [0.15, 0.2) is 29.3 Å². The molecule has 0 fully saturated rings. The smallest absolute Gasteiger partial charge is 0.191 e. The van der Waals surface area contributed by atoms with Crippen LogP contribution in [-0.2, 0) is 5.41 Å². The quantitative estimate of drug-likeness (QED) is 0.642. The Kier molecular flexibility index (Phi) is 6.16. The van der Waals surface area contributed by atoms with Crippen molar-refractivity contribution in [3.8, 4) is 0 Å². The SMILES string of the molecule is CCCNC(=NC)NCC(C)(C)c1ccc(Cl)cc1. The van der Waals surface area contributed by atoms with Crippen LogP contribution in [0.1, 0.15) is 32.8 Å². The molecule has 0 atom stereocenters. The van der Waals surface area contributed by atoms with E-state index in [1.165, 1.54) is 5.56 Å². The summed E-state index contributed by atoms with van der Waals surface area (Å²) < 4.78 is 0. The van der Waals surface area contributed by atoms with Crippen molar-refractivity contribution in [2.75, 3.05) is 20.1 Å². The van der Waals surface area contributed by atoms with E-state index in [0.717, 1.165) is 30.5 Å². The molecule has 0 radical (unpaired) electrons. The first kappa shape index (κ1) is 15.8. The number of aliphatic imine (C=N–C) groups is 1. The van der Waals surface area contributed by atoms with E-state index < -0.39 is 0 Å². The first-order chi connectivity index (χ1) is 8.99. The van der Waals surface area contributed by atoms with E-state index in [0.29, 0.717) is 0 Å². The van der Waals surface area contributed by atoms with Crippen molar-refractivity contribution in [3.05, 3.63) is 34.9 Å². The Labute approximate surface area is 121 Å². The molecule has 0 saturated heterocycles. The number of hydrogen-bond acceptors (Lipinski definition) is 1. The lowest BCUT2D eigenvalue weighted by Crippen LogP contribution is -2.43. The standard InChI is InChI=1S/C15H24ClN3/c1-5-10-18-14(17-4)19-11-15(2,3)12-6-8-13(16)9-7-12/h6-9H,5,10-11H2,1-4H3,(H2,17,18,19). The van der Waals surface area contributed by atoms with E-state index in [1.54, 1.807) is 7.05 Å². The zero-order valence-corrected chi connectivity index (χ0v) is 13.0. The fourth-order valence-corrected chi connectivity index (χ4v) is 1.90. The number of halogens is 1. The summed E-state index contributed by atoms with van der Waals surface area (Å²) in [5.41, 5.74) is 1.28. The van der Waals surface area contributed by atoms with Gasteiger partial charge in [0.2, 0.25) is 0 Å². The lowest BCUT2D eigenvalue weighted by molar-refractivity contribution is 0.508. The van der Waals surface area contributed by atoms with Crippen molar-refractivity contribution < 1.29 is 0 Å². The summed E-state index contributed by atoms with van der Waals surface area (Å²) in [5.74, 6) is 0.851. The predicted molar refractivity (Wildman–Crippen MR) is 84.1 cm³/mol. The third-order valence-corrected chi connectivity index (χ3v) is 3.34. The van der Waals surface area contributed by atoms with Crippen molar-refractivity contribution in [3.63, 3.8) is 0 Å². The summed E-state index contributed by atoms with van der Waals surface area (Å²) in [5, 5.41) is 7.40. The molecule has 0 amide bonds. The van der Waals surface area contributed by atoms with Gasteiger partial charge in [0.05, 0.1) is 0 Å². The second kappa shape index (κ2) is 7.39. The van der Waals surface area contributed by atoms with Crippen LogP contribution in [0.3, 0.4) is 0 Å². The van der Waals surface area contributed by atoms with Crippen LogP contribution in [0.2, 0.25) is 5.02 Å². The Bertz CT molecular complexity index is 410. The molecule has 3 nitrogen and oxygen atoms in total. The van der Waals surface area contributed by atoms with Crippen LogP contribution < -0.4 is 10.6 Å². The molecule has 0 spiro atoms. The third-order valence-electron chi connectivity index (χ3n) is 3.09. The summed E-state index contributed by atoms with van der Waals surface area (Å²) in [6.45, 7) is 8.30.